The Morgan fingerprint density at radius 2 is 1.89 bits per heavy atom. The quantitative estimate of drug-likeness (QED) is 0.576. The van der Waals surface area contributed by atoms with Crippen LogP contribution < -0.4 is 0 Å². The van der Waals surface area contributed by atoms with Crippen molar-refractivity contribution in [3.63, 3.8) is 0 Å². The highest BCUT2D eigenvalue weighted by atomic mass is 32.1. The topological polar surface area (TPSA) is 23.5 Å². The Balaban J connectivity index is 1.32. The van der Waals surface area contributed by atoms with Gasteiger partial charge in [0.1, 0.15) is 6.10 Å². The number of benzene rings is 2. The number of hydrogen-bond acceptors (Lipinski definition) is 3. The van der Waals surface area contributed by atoms with E-state index in [-0.39, 0.29) is 0 Å². The molecule has 27 heavy (non-hydrogen) atoms. The molecule has 0 bridgehead atoms. The van der Waals surface area contributed by atoms with E-state index in [2.05, 4.69) is 72.5 Å². The summed E-state index contributed by atoms with van der Waals surface area (Å²) in [6.45, 7) is 5.41. The second kappa shape index (κ2) is 8.39. The van der Waals surface area contributed by atoms with Crippen LogP contribution in [0.15, 0.2) is 66.7 Å². The fraction of sp³-hybridized carbons (Fsp3) is 0.333. The standard InChI is InChI=1S/C24H27NOS/c1-18-7-10-23-21(15-18)16-24(27-23)22(26)9-8-19-11-13-25(14-12-19)17-20-5-3-2-4-6-20/h2-10,15-16,19,22,26H,11-14,17H2,1H3. The molecule has 1 N–H and O–H groups in total. The van der Waals surface area contributed by atoms with Crippen molar-refractivity contribution in [1.29, 1.82) is 0 Å². The van der Waals surface area contributed by atoms with E-state index in [1.54, 1.807) is 11.3 Å². The largest absolute Gasteiger partial charge is 0.383 e. The average molecular weight is 378 g/mol. The molecule has 1 atom stereocenters. The fourth-order valence-corrected chi connectivity index (χ4v) is 4.84. The second-order valence-corrected chi connectivity index (χ2v) is 8.73. The maximum atomic E-state index is 10.6. The van der Waals surface area contributed by atoms with Gasteiger partial charge in [-0.05, 0) is 61.9 Å². The van der Waals surface area contributed by atoms with Gasteiger partial charge < -0.3 is 5.11 Å². The third kappa shape index (κ3) is 4.67. The predicted octanol–water partition coefficient (Wildman–Crippen LogP) is 5.71. The highest BCUT2D eigenvalue weighted by Gasteiger charge is 2.18. The molecule has 3 aromatic rings. The van der Waals surface area contributed by atoms with Crippen LogP contribution in [-0.2, 0) is 6.54 Å². The number of thiophene rings is 1. The summed E-state index contributed by atoms with van der Waals surface area (Å²) < 4.78 is 1.25. The molecule has 0 spiro atoms. The van der Waals surface area contributed by atoms with Gasteiger partial charge in [-0.2, -0.15) is 0 Å². The number of aryl methyl sites for hydroxylation is 1. The van der Waals surface area contributed by atoms with Gasteiger partial charge in [-0.3, -0.25) is 4.90 Å². The zero-order valence-electron chi connectivity index (χ0n) is 15.8. The van der Waals surface area contributed by atoms with Gasteiger partial charge in [-0.1, -0.05) is 60.2 Å². The highest BCUT2D eigenvalue weighted by molar-refractivity contribution is 7.19. The molecular weight excluding hydrogens is 350 g/mol. The molecule has 1 aliphatic heterocycles. The van der Waals surface area contributed by atoms with Crippen molar-refractivity contribution < 1.29 is 5.11 Å². The van der Waals surface area contributed by atoms with Gasteiger partial charge in [0.05, 0.1) is 0 Å². The highest BCUT2D eigenvalue weighted by Crippen LogP contribution is 2.31. The van der Waals surface area contributed by atoms with E-state index in [0.29, 0.717) is 5.92 Å². The van der Waals surface area contributed by atoms with Gasteiger partial charge in [0.25, 0.3) is 0 Å². The summed E-state index contributed by atoms with van der Waals surface area (Å²) in [5.41, 5.74) is 2.65. The van der Waals surface area contributed by atoms with E-state index in [1.165, 1.54) is 34.1 Å². The number of nitrogens with zero attached hydrogens (tertiary/aromatic N) is 1. The summed E-state index contributed by atoms with van der Waals surface area (Å²) in [4.78, 5) is 3.57. The molecule has 0 amide bonds. The zero-order chi connectivity index (χ0) is 18.6. The van der Waals surface area contributed by atoms with E-state index in [4.69, 9.17) is 0 Å². The molecular formula is C24H27NOS. The lowest BCUT2D eigenvalue weighted by molar-refractivity contribution is 0.193. The van der Waals surface area contributed by atoms with Crippen molar-refractivity contribution in [1.82, 2.24) is 4.90 Å². The smallest absolute Gasteiger partial charge is 0.106 e. The third-order valence-corrected chi connectivity index (χ3v) is 6.62. The summed E-state index contributed by atoms with van der Waals surface area (Å²) in [6, 6.07) is 19.3. The first-order valence-electron chi connectivity index (χ1n) is 9.80. The van der Waals surface area contributed by atoms with Gasteiger partial charge in [-0.25, -0.2) is 0 Å². The minimum absolute atomic E-state index is 0.495. The molecule has 1 aromatic heterocycles. The minimum atomic E-state index is -0.495. The summed E-state index contributed by atoms with van der Waals surface area (Å²) in [5.74, 6) is 0.572. The molecule has 0 aliphatic carbocycles. The lowest BCUT2D eigenvalue weighted by Crippen LogP contribution is -2.32. The number of allylic oxidation sites excluding steroid dienone is 1. The molecule has 2 nitrogen and oxygen atoms in total. The van der Waals surface area contributed by atoms with Crippen LogP contribution in [0.3, 0.4) is 0 Å². The Morgan fingerprint density at radius 3 is 2.67 bits per heavy atom. The number of likely N-dealkylation sites (tertiary alicyclic amines) is 1. The van der Waals surface area contributed by atoms with Gasteiger partial charge in [0, 0.05) is 16.1 Å². The summed E-state index contributed by atoms with van der Waals surface area (Å²) >= 11 is 1.69. The number of aliphatic hydroxyl groups excluding tert-OH is 1. The first kappa shape index (κ1) is 18.4. The van der Waals surface area contributed by atoms with Gasteiger partial charge in [0.15, 0.2) is 0 Å². The number of fused-ring (bicyclic) bond motifs is 1. The molecule has 140 valence electrons. The summed E-state index contributed by atoms with van der Waals surface area (Å²) in [5, 5.41) is 11.8. The Labute approximate surface area is 165 Å². The van der Waals surface area contributed by atoms with Gasteiger partial charge >= 0.3 is 0 Å². The minimum Gasteiger partial charge on any atom is -0.383 e. The molecule has 0 radical (unpaired) electrons. The SMILES string of the molecule is Cc1ccc2sc(C(O)C=CC3CCN(Cc4ccccc4)CC3)cc2c1. The summed E-state index contributed by atoms with van der Waals surface area (Å²) in [7, 11) is 0. The van der Waals surface area contributed by atoms with E-state index in [0.717, 1.165) is 24.5 Å². The molecule has 2 aromatic carbocycles. The second-order valence-electron chi connectivity index (χ2n) is 7.62. The van der Waals surface area contributed by atoms with Crippen molar-refractivity contribution in [2.45, 2.75) is 32.4 Å². The van der Waals surface area contributed by atoms with Crippen molar-refractivity contribution in [2.24, 2.45) is 5.92 Å². The van der Waals surface area contributed by atoms with Crippen LogP contribution in [0.4, 0.5) is 0 Å². The van der Waals surface area contributed by atoms with Crippen LogP contribution in [0, 0.1) is 12.8 Å². The molecule has 3 heteroatoms. The molecule has 2 heterocycles. The number of rotatable bonds is 5. The van der Waals surface area contributed by atoms with Crippen molar-refractivity contribution >= 4 is 21.4 Å². The van der Waals surface area contributed by atoms with Crippen molar-refractivity contribution in [3.8, 4) is 0 Å². The van der Waals surface area contributed by atoms with E-state index in [9.17, 15) is 5.11 Å². The molecule has 1 saturated heterocycles. The van der Waals surface area contributed by atoms with Gasteiger partial charge in [0.2, 0.25) is 0 Å². The predicted molar refractivity (Wildman–Crippen MR) is 115 cm³/mol. The van der Waals surface area contributed by atoms with Gasteiger partial charge in [-0.15, -0.1) is 11.3 Å². The number of hydrogen-bond donors (Lipinski definition) is 1. The van der Waals surface area contributed by atoms with E-state index in [1.807, 2.05) is 6.08 Å². The van der Waals surface area contributed by atoms with Crippen LogP contribution in [0.5, 0.6) is 0 Å². The lowest BCUT2D eigenvalue weighted by Gasteiger charge is -2.30. The van der Waals surface area contributed by atoms with E-state index < -0.39 is 6.10 Å². The molecule has 0 saturated carbocycles. The monoisotopic (exact) mass is 377 g/mol. The Kier molecular flexibility index (Phi) is 5.72. The Morgan fingerprint density at radius 1 is 1.11 bits per heavy atom. The van der Waals surface area contributed by atoms with E-state index >= 15 is 0 Å². The van der Waals surface area contributed by atoms with Crippen molar-refractivity contribution in [2.75, 3.05) is 13.1 Å². The lowest BCUT2D eigenvalue weighted by atomic mass is 9.95. The number of piperidine rings is 1. The normalized spacial score (nSPS) is 17.7. The fourth-order valence-electron chi connectivity index (χ4n) is 3.83. The third-order valence-electron chi connectivity index (χ3n) is 5.43. The Bertz CT molecular complexity index is 907. The summed E-state index contributed by atoms with van der Waals surface area (Å²) in [6.07, 6.45) is 6.07. The molecule has 4 rings (SSSR count). The maximum absolute atomic E-state index is 10.6. The van der Waals surface area contributed by atoms with Crippen LogP contribution >= 0.6 is 11.3 Å². The van der Waals surface area contributed by atoms with Crippen LogP contribution in [0.2, 0.25) is 0 Å². The van der Waals surface area contributed by atoms with Crippen LogP contribution in [0.25, 0.3) is 10.1 Å². The molecule has 1 unspecified atom stereocenters. The zero-order valence-corrected chi connectivity index (χ0v) is 16.7. The first-order chi connectivity index (χ1) is 13.2. The molecule has 1 fully saturated rings. The first-order valence-corrected chi connectivity index (χ1v) is 10.6. The Hall–Kier alpha value is -1.94. The molecule has 1 aliphatic rings. The van der Waals surface area contributed by atoms with Crippen LogP contribution in [0.1, 0.15) is 34.9 Å². The van der Waals surface area contributed by atoms with Crippen LogP contribution in [-0.4, -0.2) is 23.1 Å². The van der Waals surface area contributed by atoms with Crippen molar-refractivity contribution in [3.05, 3.63) is 82.8 Å². The number of aliphatic hydroxyl groups is 1. The average Bonchev–Trinajstić information content (AvgIpc) is 3.11. The maximum Gasteiger partial charge on any atom is 0.106 e.